The third kappa shape index (κ3) is 7.54. The summed E-state index contributed by atoms with van der Waals surface area (Å²) in [5, 5.41) is 6.64. The summed E-state index contributed by atoms with van der Waals surface area (Å²) in [4.78, 5) is 6.75. The molecule has 0 aliphatic carbocycles. The number of nitrogens with one attached hydrogen (secondary N) is 2. The summed E-state index contributed by atoms with van der Waals surface area (Å²) in [7, 11) is -1.47. The molecule has 0 spiro atoms. The van der Waals surface area contributed by atoms with Crippen LogP contribution in [-0.2, 0) is 16.6 Å². The summed E-state index contributed by atoms with van der Waals surface area (Å²) in [5.74, 6) is 2.54. The largest absolute Gasteiger partial charge is 0.355 e. The van der Waals surface area contributed by atoms with Gasteiger partial charge in [-0.15, -0.1) is 24.0 Å². The number of rotatable bonds is 7. The number of hydrogen-bond donors (Lipinski definition) is 2. The molecule has 0 radical (unpaired) electrons. The van der Waals surface area contributed by atoms with Gasteiger partial charge < -0.3 is 10.6 Å². The standard InChI is InChI=1S/C20H33N5O2S2.HI/c1-17-14-19(16-24(17)15-18-6-4-3-5-7-18)23-20(21-2)22-8-13-29(26,27)25-9-11-28-12-10-25;/h3-7,17,19H,8-16H2,1-2H3,(H2,21,22,23);1H. The first kappa shape index (κ1) is 25.7. The minimum atomic E-state index is -3.20. The summed E-state index contributed by atoms with van der Waals surface area (Å²) in [6.07, 6.45) is 1.04. The maximum absolute atomic E-state index is 12.5. The van der Waals surface area contributed by atoms with E-state index in [0.29, 0.717) is 37.7 Å². The van der Waals surface area contributed by atoms with E-state index >= 15 is 0 Å². The highest BCUT2D eigenvalue weighted by Gasteiger charge is 2.29. The predicted molar refractivity (Wildman–Crippen MR) is 137 cm³/mol. The van der Waals surface area contributed by atoms with Crippen LogP contribution in [0.2, 0.25) is 0 Å². The number of benzene rings is 1. The molecule has 1 aromatic carbocycles. The van der Waals surface area contributed by atoms with Crippen LogP contribution < -0.4 is 10.6 Å². The first-order valence-corrected chi connectivity index (χ1v) is 13.0. The van der Waals surface area contributed by atoms with Gasteiger partial charge in [-0.05, 0) is 18.9 Å². The van der Waals surface area contributed by atoms with E-state index in [1.54, 1.807) is 11.4 Å². The number of sulfonamides is 1. The van der Waals surface area contributed by atoms with Crippen LogP contribution in [0.4, 0.5) is 0 Å². The second-order valence-corrected chi connectivity index (χ2v) is 11.0. The molecule has 30 heavy (non-hydrogen) atoms. The van der Waals surface area contributed by atoms with Crippen molar-refractivity contribution in [2.45, 2.75) is 32.0 Å². The number of aliphatic imine (C=N–C) groups is 1. The Kier molecular flexibility index (Phi) is 10.7. The minimum absolute atomic E-state index is 0. The van der Waals surface area contributed by atoms with E-state index < -0.39 is 10.0 Å². The van der Waals surface area contributed by atoms with Gasteiger partial charge in [0.25, 0.3) is 0 Å². The van der Waals surface area contributed by atoms with E-state index in [9.17, 15) is 8.42 Å². The fraction of sp³-hybridized carbons (Fsp3) is 0.650. The Morgan fingerprint density at radius 1 is 1.23 bits per heavy atom. The van der Waals surface area contributed by atoms with E-state index in [1.165, 1.54) is 5.56 Å². The van der Waals surface area contributed by atoms with Crippen molar-refractivity contribution < 1.29 is 8.42 Å². The van der Waals surface area contributed by atoms with Crippen LogP contribution in [-0.4, -0.2) is 86.2 Å². The Hall–Kier alpha value is -0.560. The van der Waals surface area contributed by atoms with Gasteiger partial charge in [0, 0.05) is 63.4 Å². The van der Waals surface area contributed by atoms with Gasteiger partial charge in [-0.1, -0.05) is 30.3 Å². The normalized spacial score (nSPS) is 23.7. The summed E-state index contributed by atoms with van der Waals surface area (Å²) < 4.78 is 26.6. The van der Waals surface area contributed by atoms with Crippen LogP contribution in [0.15, 0.2) is 35.3 Å². The van der Waals surface area contributed by atoms with Gasteiger partial charge in [0.2, 0.25) is 10.0 Å². The molecule has 1 aromatic rings. The lowest BCUT2D eigenvalue weighted by atomic mass is 10.2. The van der Waals surface area contributed by atoms with Gasteiger partial charge in [-0.3, -0.25) is 9.89 Å². The highest BCUT2D eigenvalue weighted by molar-refractivity contribution is 14.0. The summed E-state index contributed by atoms with van der Waals surface area (Å²) >= 11 is 1.81. The second kappa shape index (κ2) is 12.5. The third-order valence-electron chi connectivity index (χ3n) is 5.51. The molecule has 3 rings (SSSR count). The Bertz CT molecular complexity index is 773. The van der Waals surface area contributed by atoms with E-state index in [4.69, 9.17) is 0 Å². The van der Waals surface area contributed by atoms with Crippen LogP contribution in [0.25, 0.3) is 0 Å². The van der Waals surface area contributed by atoms with Crippen molar-refractivity contribution in [2.24, 2.45) is 4.99 Å². The average Bonchev–Trinajstić information content (AvgIpc) is 3.07. The van der Waals surface area contributed by atoms with Gasteiger partial charge in [-0.25, -0.2) is 12.7 Å². The van der Waals surface area contributed by atoms with Gasteiger partial charge in [-0.2, -0.15) is 11.8 Å². The maximum Gasteiger partial charge on any atom is 0.215 e. The number of guanidine groups is 1. The van der Waals surface area contributed by atoms with Crippen molar-refractivity contribution >= 4 is 51.7 Å². The molecule has 10 heteroatoms. The molecule has 7 nitrogen and oxygen atoms in total. The summed E-state index contributed by atoms with van der Waals surface area (Å²) in [6.45, 7) is 5.75. The molecule has 2 heterocycles. The van der Waals surface area contributed by atoms with Gasteiger partial charge >= 0.3 is 0 Å². The summed E-state index contributed by atoms with van der Waals surface area (Å²) in [6, 6.07) is 11.3. The zero-order chi connectivity index (χ0) is 20.7. The molecule has 2 aliphatic rings. The monoisotopic (exact) mass is 567 g/mol. The fourth-order valence-electron chi connectivity index (χ4n) is 3.88. The van der Waals surface area contributed by atoms with Crippen LogP contribution in [0, 0.1) is 0 Å². The number of halogens is 1. The van der Waals surface area contributed by atoms with Crippen LogP contribution >= 0.6 is 35.7 Å². The molecular weight excluding hydrogens is 533 g/mol. The molecule has 2 fully saturated rings. The molecule has 0 aromatic heterocycles. The van der Waals surface area contributed by atoms with Crippen LogP contribution in [0.1, 0.15) is 18.9 Å². The Morgan fingerprint density at radius 3 is 2.60 bits per heavy atom. The lowest BCUT2D eigenvalue weighted by Gasteiger charge is -2.26. The Morgan fingerprint density at radius 2 is 1.93 bits per heavy atom. The molecule has 2 unspecified atom stereocenters. The van der Waals surface area contributed by atoms with Crippen molar-refractivity contribution in [3.05, 3.63) is 35.9 Å². The first-order chi connectivity index (χ1) is 14.0. The third-order valence-corrected chi connectivity index (χ3v) is 8.33. The van der Waals surface area contributed by atoms with Crippen molar-refractivity contribution in [1.82, 2.24) is 19.8 Å². The molecule has 2 aliphatic heterocycles. The number of hydrogen-bond acceptors (Lipinski definition) is 5. The molecule has 0 bridgehead atoms. The molecule has 2 saturated heterocycles. The van der Waals surface area contributed by atoms with E-state index in [-0.39, 0.29) is 29.7 Å². The number of likely N-dealkylation sites (tertiary alicyclic amines) is 1. The van der Waals surface area contributed by atoms with Crippen molar-refractivity contribution in [3.63, 3.8) is 0 Å². The maximum atomic E-state index is 12.5. The van der Waals surface area contributed by atoms with Crippen LogP contribution in [0.3, 0.4) is 0 Å². The van der Waals surface area contributed by atoms with Crippen LogP contribution in [0.5, 0.6) is 0 Å². The number of thioether (sulfide) groups is 1. The predicted octanol–water partition coefficient (Wildman–Crippen LogP) is 1.81. The smallest absolute Gasteiger partial charge is 0.215 e. The molecule has 2 N–H and O–H groups in total. The second-order valence-electron chi connectivity index (χ2n) is 7.67. The molecular formula is C20H34IN5O2S2. The van der Waals surface area contributed by atoms with Gasteiger partial charge in [0.1, 0.15) is 0 Å². The molecule has 0 saturated carbocycles. The number of nitrogens with zero attached hydrogens (tertiary/aromatic N) is 3. The minimum Gasteiger partial charge on any atom is -0.355 e. The van der Waals surface area contributed by atoms with Crippen molar-refractivity contribution in [2.75, 3.05) is 50.5 Å². The van der Waals surface area contributed by atoms with Crippen molar-refractivity contribution in [1.29, 1.82) is 0 Å². The Balaban J connectivity index is 0.00000320. The van der Waals surface area contributed by atoms with Gasteiger partial charge in [0.05, 0.1) is 5.75 Å². The fourth-order valence-corrected chi connectivity index (χ4v) is 6.37. The SMILES string of the molecule is CN=C(NCCS(=O)(=O)N1CCSCC1)NC1CC(C)N(Cc2ccccc2)C1.I. The first-order valence-electron chi connectivity index (χ1n) is 10.3. The highest BCUT2D eigenvalue weighted by Crippen LogP contribution is 2.20. The van der Waals surface area contributed by atoms with E-state index in [1.807, 2.05) is 17.8 Å². The van der Waals surface area contributed by atoms with E-state index in [0.717, 1.165) is 31.0 Å². The molecule has 0 amide bonds. The van der Waals surface area contributed by atoms with Crippen molar-refractivity contribution in [3.8, 4) is 0 Å². The zero-order valence-electron chi connectivity index (χ0n) is 17.8. The average molecular weight is 568 g/mol. The Labute approximate surface area is 202 Å². The lowest BCUT2D eigenvalue weighted by Crippen LogP contribution is -2.47. The van der Waals surface area contributed by atoms with Gasteiger partial charge in [0.15, 0.2) is 5.96 Å². The zero-order valence-corrected chi connectivity index (χ0v) is 21.8. The topological polar surface area (TPSA) is 77.0 Å². The molecule has 2 atom stereocenters. The highest BCUT2D eigenvalue weighted by atomic mass is 127. The van der Waals surface area contributed by atoms with E-state index in [2.05, 4.69) is 51.7 Å². The molecule has 170 valence electrons. The quantitative estimate of drug-likeness (QED) is 0.298. The summed E-state index contributed by atoms with van der Waals surface area (Å²) in [5.41, 5.74) is 1.32. The lowest BCUT2D eigenvalue weighted by molar-refractivity contribution is 0.258.